The van der Waals surface area contributed by atoms with Gasteiger partial charge in [-0.2, -0.15) is 0 Å². The maximum atomic E-state index is 11.8. The standard InChI is InChI=1S/C23H30N2O6/c1-17(15-25-21(26)22(27)29-2)31-20-13-7-6-11-19(20)12-8-14-24-23(28)30-16-18-9-4-3-5-10-18/h3-7,9-11,13,17,21,25-26H,8,12,14-16H2,1-2H3,(H,24,28)/t17-,21+/m1/s1. The van der Waals surface area contributed by atoms with E-state index in [-0.39, 0.29) is 19.3 Å². The second-order valence-electron chi connectivity index (χ2n) is 6.96. The van der Waals surface area contributed by atoms with E-state index >= 15 is 0 Å². The van der Waals surface area contributed by atoms with Crippen LogP contribution in [0.4, 0.5) is 4.79 Å². The van der Waals surface area contributed by atoms with Crippen LogP contribution in [0.2, 0.25) is 0 Å². The summed E-state index contributed by atoms with van der Waals surface area (Å²) in [6, 6.07) is 17.1. The molecule has 2 atom stereocenters. The van der Waals surface area contributed by atoms with Crippen LogP contribution in [-0.2, 0) is 27.3 Å². The summed E-state index contributed by atoms with van der Waals surface area (Å²) in [5, 5.41) is 15.0. The predicted molar refractivity (Wildman–Crippen MR) is 116 cm³/mol. The van der Waals surface area contributed by atoms with Crippen molar-refractivity contribution < 1.29 is 28.9 Å². The van der Waals surface area contributed by atoms with Gasteiger partial charge in [0, 0.05) is 13.1 Å². The van der Waals surface area contributed by atoms with Gasteiger partial charge in [0.2, 0.25) is 6.23 Å². The van der Waals surface area contributed by atoms with E-state index in [0.29, 0.717) is 19.4 Å². The van der Waals surface area contributed by atoms with Gasteiger partial charge < -0.3 is 24.6 Å². The number of alkyl carbamates (subject to hydrolysis) is 1. The van der Waals surface area contributed by atoms with E-state index in [1.165, 1.54) is 7.11 Å². The monoisotopic (exact) mass is 430 g/mol. The number of amides is 1. The number of esters is 1. The van der Waals surface area contributed by atoms with E-state index in [1.54, 1.807) is 0 Å². The highest BCUT2D eigenvalue weighted by atomic mass is 16.5. The molecule has 3 N–H and O–H groups in total. The zero-order chi connectivity index (χ0) is 22.5. The molecule has 0 fully saturated rings. The number of ether oxygens (including phenoxy) is 3. The maximum absolute atomic E-state index is 11.8. The number of rotatable bonds is 12. The number of carbonyl (C=O) groups excluding carboxylic acids is 2. The summed E-state index contributed by atoms with van der Waals surface area (Å²) < 4.78 is 15.6. The number of aryl methyl sites for hydroxylation is 1. The summed E-state index contributed by atoms with van der Waals surface area (Å²) in [5.41, 5.74) is 1.94. The van der Waals surface area contributed by atoms with Crippen LogP contribution in [-0.4, -0.2) is 49.7 Å². The van der Waals surface area contributed by atoms with Crippen LogP contribution >= 0.6 is 0 Å². The Labute approximate surface area is 182 Å². The minimum Gasteiger partial charge on any atom is -0.489 e. The molecule has 2 aromatic rings. The molecule has 0 aliphatic heterocycles. The number of hydrogen-bond donors (Lipinski definition) is 3. The van der Waals surface area contributed by atoms with Gasteiger partial charge in [0.1, 0.15) is 18.5 Å². The largest absolute Gasteiger partial charge is 0.489 e. The van der Waals surface area contributed by atoms with Crippen molar-refractivity contribution >= 4 is 12.1 Å². The quantitative estimate of drug-likeness (QED) is 0.270. The number of methoxy groups -OCH3 is 1. The molecule has 8 heteroatoms. The molecule has 2 aromatic carbocycles. The Morgan fingerprint density at radius 2 is 1.77 bits per heavy atom. The van der Waals surface area contributed by atoms with E-state index in [4.69, 9.17) is 9.47 Å². The number of aliphatic hydroxyl groups is 1. The lowest BCUT2D eigenvalue weighted by molar-refractivity contribution is -0.152. The van der Waals surface area contributed by atoms with E-state index in [1.807, 2.05) is 61.5 Å². The number of nitrogens with one attached hydrogen (secondary N) is 2. The fourth-order valence-electron chi connectivity index (χ4n) is 2.80. The first-order chi connectivity index (χ1) is 15.0. The molecular weight excluding hydrogens is 400 g/mol. The van der Waals surface area contributed by atoms with Crippen LogP contribution < -0.4 is 15.4 Å². The fourth-order valence-corrected chi connectivity index (χ4v) is 2.80. The topological polar surface area (TPSA) is 106 Å². The molecule has 0 saturated heterocycles. The first-order valence-corrected chi connectivity index (χ1v) is 10.2. The van der Waals surface area contributed by atoms with E-state index in [9.17, 15) is 14.7 Å². The highest BCUT2D eigenvalue weighted by Crippen LogP contribution is 2.20. The van der Waals surface area contributed by atoms with Crippen LogP contribution in [0.3, 0.4) is 0 Å². The van der Waals surface area contributed by atoms with Gasteiger partial charge in [-0.1, -0.05) is 48.5 Å². The van der Waals surface area contributed by atoms with E-state index in [0.717, 1.165) is 16.9 Å². The van der Waals surface area contributed by atoms with Gasteiger partial charge in [-0.3, -0.25) is 5.32 Å². The van der Waals surface area contributed by atoms with Crippen LogP contribution in [0.15, 0.2) is 54.6 Å². The van der Waals surface area contributed by atoms with Crippen molar-refractivity contribution in [3.05, 3.63) is 65.7 Å². The van der Waals surface area contributed by atoms with Crippen molar-refractivity contribution in [1.29, 1.82) is 0 Å². The Morgan fingerprint density at radius 1 is 1.06 bits per heavy atom. The van der Waals surface area contributed by atoms with Crippen LogP contribution in [0.25, 0.3) is 0 Å². The van der Waals surface area contributed by atoms with Crippen molar-refractivity contribution in [2.75, 3.05) is 20.2 Å². The molecule has 168 valence electrons. The predicted octanol–water partition coefficient (Wildman–Crippen LogP) is 2.39. The molecule has 0 unspecified atom stereocenters. The molecule has 8 nitrogen and oxygen atoms in total. The highest BCUT2D eigenvalue weighted by molar-refractivity contribution is 5.73. The number of hydrogen-bond acceptors (Lipinski definition) is 7. The molecular formula is C23H30N2O6. The Morgan fingerprint density at radius 3 is 2.52 bits per heavy atom. The van der Waals surface area contributed by atoms with Gasteiger partial charge in [-0.05, 0) is 37.0 Å². The number of carbonyl (C=O) groups is 2. The Balaban J connectivity index is 1.71. The van der Waals surface area contributed by atoms with Crippen LogP contribution in [0.5, 0.6) is 5.75 Å². The van der Waals surface area contributed by atoms with Crippen LogP contribution in [0.1, 0.15) is 24.5 Å². The van der Waals surface area contributed by atoms with Crippen molar-refractivity contribution in [2.24, 2.45) is 0 Å². The molecule has 1 amide bonds. The normalized spacial score (nSPS) is 12.5. The average Bonchev–Trinajstić information content (AvgIpc) is 2.80. The molecule has 0 aromatic heterocycles. The number of benzene rings is 2. The first-order valence-electron chi connectivity index (χ1n) is 10.2. The van der Waals surface area contributed by atoms with Gasteiger partial charge in [-0.15, -0.1) is 0 Å². The zero-order valence-corrected chi connectivity index (χ0v) is 17.9. The first kappa shape index (κ1) is 24.2. The fraction of sp³-hybridized carbons (Fsp3) is 0.391. The van der Waals surface area contributed by atoms with Gasteiger partial charge in [0.05, 0.1) is 7.11 Å². The lowest BCUT2D eigenvalue weighted by Gasteiger charge is -2.19. The lowest BCUT2D eigenvalue weighted by atomic mass is 10.1. The number of aliphatic hydroxyl groups excluding tert-OH is 1. The second-order valence-corrected chi connectivity index (χ2v) is 6.96. The van der Waals surface area contributed by atoms with Crippen molar-refractivity contribution in [2.45, 2.75) is 38.7 Å². The summed E-state index contributed by atoms with van der Waals surface area (Å²) in [5.74, 6) is -0.0293. The van der Waals surface area contributed by atoms with E-state index in [2.05, 4.69) is 15.4 Å². The average molecular weight is 431 g/mol. The highest BCUT2D eigenvalue weighted by Gasteiger charge is 2.16. The molecule has 0 aliphatic carbocycles. The third-order valence-electron chi connectivity index (χ3n) is 4.43. The number of para-hydroxylation sites is 1. The minimum absolute atomic E-state index is 0.236. The zero-order valence-electron chi connectivity index (χ0n) is 17.9. The second kappa shape index (κ2) is 13.3. The lowest BCUT2D eigenvalue weighted by Crippen LogP contribution is -2.42. The van der Waals surface area contributed by atoms with Gasteiger partial charge in [-0.25, -0.2) is 9.59 Å². The third-order valence-corrected chi connectivity index (χ3v) is 4.43. The SMILES string of the molecule is COC(=O)[C@H](O)NC[C@@H](C)Oc1ccccc1CCCNC(=O)OCc1ccccc1. The van der Waals surface area contributed by atoms with Gasteiger partial charge in [0.25, 0.3) is 0 Å². The van der Waals surface area contributed by atoms with Crippen molar-refractivity contribution in [1.82, 2.24) is 10.6 Å². The molecule has 0 radical (unpaired) electrons. The molecule has 0 heterocycles. The molecule has 0 saturated carbocycles. The Kier molecular flexibility index (Phi) is 10.3. The van der Waals surface area contributed by atoms with E-state index < -0.39 is 18.3 Å². The summed E-state index contributed by atoms with van der Waals surface area (Å²) in [6.07, 6.45) is -0.697. The molecule has 2 rings (SSSR count). The minimum atomic E-state index is -1.39. The smallest absolute Gasteiger partial charge is 0.407 e. The third kappa shape index (κ3) is 9.06. The Hall–Kier alpha value is -3.10. The molecule has 31 heavy (non-hydrogen) atoms. The van der Waals surface area contributed by atoms with Gasteiger partial charge in [0.15, 0.2) is 0 Å². The summed E-state index contributed by atoms with van der Waals surface area (Å²) in [7, 11) is 1.21. The van der Waals surface area contributed by atoms with Crippen molar-refractivity contribution in [3.8, 4) is 5.75 Å². The summed E-state index contributed by atoms with van der Waals surface area (Å²) >= 11 is 0. The maximum Gasteiger partial charge on any atom is 0.407 e. The summed E-state index contributed by atoms with van der Waals surface area (Å²) in [6.45, 7) is 2.81. The Bertz CT molecular complexity index is 815. The van der Waals surface area contributed by atoms with Crippen molar-refractivity contribution in [3.63, 3.8) is 0 Å². The van der Waals surface area contributed by atoms with Crippen LogP contribution in [0, 0.1) is 0 Å². The molecule has 0 spiro atoms. The van der Waals surface area contributed by atoms with Gasteiger partial charge >= 0.3 is 12.1 Å². The molecule has 0 aliphatic rings. The summed E-state index contributed by atoms with van der Waals surface area (Å²) in [4.78, 5) is 23.0. The molecule has 0 bridgehead atoms.